The molecular formula is C19H18N4O3S. The fraction of sp³-hybridized carbons (Fsp3) is 0.263. The lowest BCUT2D eigenvalue weighted by molar-refractivity contribution is 0.0686. The molecule has 0 bridgehead atoms. The van der Waals surface area contributed by atoms with E-state index in [1.807, 2.05) is 23.6 Å². The Morgan fingerprint density at radius 2 is 2.04 bits per heavy atom. The highest BCUT2D eigenvalue weighted by atomic mass is 32.1. The van der Waals surface area contributed by atoms with E-state index in [-0.39, 0.29) is 23.2 Å². The van der Waals surface area contributed by atoms with E-state index in [2.05, 4.69) is 10.1 Å². The SMILES string of the molecule is O=C(O)c1cc(C(=O)N2CCC[C@@H](c3nccs3)C2)n(-c2ccccc2)n1. The third-order valence-electron chi connectivity index (χ3n) is 4.66. The topological polar surface area (TPSA) is 88.3 Å². The molecule has 1 N–H and O–H groups in total. The van der Waals surface area contributed by atoms with Gasteiger partial charge >= 0.3 is 5.97 Å². The van der Waals surface area contributed by atoms with Gasteiger partial charge in [0.05, 0.1) is 10.7 Å². The third-order valence-corrected chi connectivity index (χ3v) is 5.60. The lowest BCUT2D eigenvalue weighted by atomic mass is 9.98. The number of hydrogen-bond donors (Lipinski definition) is 1. The number of benzene rings is 1. The van der Waals surface area contributed by atoms with Gasteiger partial charge in [0.15, 0.2) is 5.69 Å². The van der Waals surface area contributed by atoms with Crippen molar-refractivity contribution in [1.82, 2.24) is 19.7 Å². The van der Waals surface area contributed by atoms with E-state index < -0.39 is 5.97 Å². The first kappa shape index (κ1) is 17.4. The van der Waals surface area contributed by atoms with Crippen LogP contribution < -0.4 is 0 Å². The first-order chi connectivity index (χ1) is 13.1. The van der Waals surface area contributed by atoms with Gasteiger partial charge in [-0.3, -0.25) is 4.79 Å². The maximum atomic E-state index is 13.2. The van der Waals surface area contributed by atoms with E-state index in [4.69, 9.17) is 0 Å². The van der Waals surface area contributed by atoms with E-state index in [1.165, 1.54) is 10.7 Å². The van der Waals surface area contributed by atoms with Gasteiger partial charge in [0.2, 0.25) is 0 Å². The second-order valence-corrected chi connectivity index (χ2v) is 7.35. The van der Waals surface area contributed by atoms with Crippen LogP contribution in [0.15, 0.2) is 48.0 Å². The highest BCUT2D eigenvalue weighted by Crippen LogP contribution is 2.29. The maximum Gasteiger partial charge on any atom is 0.356 e. The Bertz CT molecular complexity index is 953. The molecule has 0 saturated carbocycles. The molecule has 4 rings (SSSR count). The minimum absolute atomic E-state index is 0.143. The Balaban J connectivity index is 1.66. The molecular weight excluding hydrogens is 364 g/mol. The highest BCUT2D eigenvalue weighted by Gasteiger charge is 2.30. The molecule has 1 amide bonds. The van der Waals surface area contributed by atoms with Crippen molar-refractivity contribution in [3.8, 4) is 5.69 Å². The molecule has 2 aromatic heterocycles. The standard InChI is InChI=1S/C19H18N4O3S/c24-18(22-9-4-5-13(12-22)17-20-8-10-27-17)16-11-15(19(25)26)21-23(16)14-6-2-1-3-7-14/h1-3,6-8,10-11,13H,4-5,9,12H2,(H,25,26)/t13-/m1/s1. The molecule has 0 aliphatic carbocycles. The Labute approximate surface area is 159 Å². The number of hydrogen-bond acceptors (Lipinski definition) is 5. The molecule has 138 valence electrons. The molecule has 1 aliphatic rings. The molecule has 0 unspecified atom stereocenters. The quantitative estimate of drug-likeness (QED) is 0.749. The molecule has 1 saturated heterocycles. The van der Waals surface area contributed by atoms with Crippen LogP contribution in [0.2, 0.25) is 0 Å². The summed E-state index contributed by atoms with van der Waals surface area (Å²) >= 11 is 1.60. The van der Waals surface area contributed by atoms with Gasteiger partial charge in [-0.05, 0) is 25.0 Å². The first-order valence-corrected chi connectivity index (χ1v) is 9.59. The summed E-state index contributed by atoms with van der Waals surface area (Å²) in [5.41, 5.74) is 0.774. The fourth-order valence-electron chi connectivity index (χ4n) is 3.37. The van der Waals surface area contributed by atoms with Crippen LogP contribution in [0.3, 0.4) is 0 Å². The molecule has 3 aromatic rings. The van der Waals surface area contributed by atoms with E-state index in [0.717, 1.165) is 17.8 Å². The Morgan fingerprint density at radius 3 is 2.74 bits per heavy atom. The molecule has 27 heavy (non-hydrogen) atoms. The van der Waals surface area contributed by atoms with Crippen LogP contribution >= 0.6 is 11.3 Å². The summed E-state index contributed by atoms with van der Waals surface area (Å²) in [4.78, 5) is 30.8. The smallest absolute Gasteiger partial charge is 0.356 e. The number of piperidine rings is 1. The van der Waals surface area contributed by atoms with Gasteiger partial charge < -0.3 is 10.0 Å². The molecule has 7 nitrogen and oxygen atoms in total. The number of para-hydroxylation sites is 1. The summed E-state index contributed by atoms with van der Waals surface area (Å²) in [5.74, 6) is -1.15. The van der Waals surface area contributed by atoms with E-state index >= 15 is 0 Å². The summed E-state index contributed by atoms with van der Waals surface area (Å²) in [6.45, 7) is 1.22. The lowest BCUT2D eigenvalue weighted by Gasteiger charge is -2.31. The average molecular weight is 382 g/mol. The van der Waals surface area contributed by atoms with Crippen LogP contribution in [0.5, 0.6) is 0 Å². The van der Waals surface area contributed by atoms with Gasteiger partial charge in [0, 0.05) is 36.7 Å². The largest absolute Gasteiger partial charge is 0.476 e. The summed E-state index contributed by atoms with van der Waals surface area (Å²) in [6, 6.07) is 10.4. The number of likely N-dealkylation sites (tertiary alicyclic amines) is 1. The van der Waals surface area contributed by atoms with Crippen LogP contribution in [0.1, 0.15) is 44.7 Å². The second-order valence-electron chi connectivity index (χ2n) is 6.43. The van der Waals surface area contributed by atoms with Gasteiger partial charge in [0.1, 0.15) is 5.69 Å². The molecule has 1 aromatic carbocycles. The van der Waals surface area contributed by atoms with E-state index in [9.17, 15) is 14.7 Å². The number of aromatic carboxylic acids is 1. The van der Waals surface area contributed by atoms with Crippen LogP contribution in [-0.2, 0) is 0 Å². The minimum atomic E-state index is -1.15. The number of carboxylic acids is 1. The van der Waals surface area contributed by atoms with Crippen LogP contribution in [0, 0.1) is 0 Å². The zero-order valence-electron chi connectivity index (χ0n) is 14.5. The Kier molecular flexibility index (Phi) is 4.72. The van der Waals surface area contributed by atoms with Crippen LogP contribution in [0.25, 0.3) is 5.69 Å². The van der Waals surface area contributed by atoms with Gasteiger partial charge in [0.25, 0.3) is 5.91 Å². The second kappa shape index (κ2) is 7.32. The van der Waals surface area contributed by atoms with Crippen molar-refractivity contribution in [2.24, 2.45) is 0 Å². The van der Waals surface area contributed by atoms with E-state index in [1.54, 1.807) is 34.6 Å². The summed E-state index contributed by atoms with van der Waals surface area (Å²) in [5, 5.41) is 16.4. The lowest BCUT2D eigenvalue weighted by Crippen LogP contribution is -2.39. The first-order valence-electron chi connectivity index (χ1n) is 8.71. The van der Waals surface area contributed by atoms with E-state index in [0.29, 0.717) is 18.8 Å². The zero-order chi connectivity index (χ0) is 18.8. The van der Waals surface area contributed by atoms with Crippen molar-refractivity contribution in [3.63, 3.8) is 0 Å². The van der Waals surface area contributed by atoms with Crippen LogP contribution in [0.4, 0.5) is 0 Å². The number of aromatic nitrogens is 3. The monoisotopic (exact) mass is 382 g/mol. The summed E-state index contributed by atoms with van der Waals surface area (Å²) in [6.07, 6.45) is 3.67. The number of carboxylic acid groups (broad SMARTS) is 1. The van der Waals surface area contributed by atoms with Crippen molar-refractivity contribution in [2.75, 3.05) is 13.1 Å². The number of rotatable bonds is 4. The number of nitrogens with zero attached hydrogens (tertiary/aromatic N) is 4. The summed E-state index contributed by atoms with van der Waals surface area (Å²) < 4.78 is 1.42. The average Bonchev–Trinajstić information content (AvgIpc) is 3.38. The minimum Gasteiger partial charge on any atom is -0.476 e. The molecule has 1 aliphatic heterocycles. The Morgan fingerprint density at radius 1 is 1.22 bits per heavy atom. The van der Waals surface area contributed by atoms with Gasteiger partial charge in [-0.2, -0.15) is 5.10 Å². The molecule has 3 heterocycles. The highest BCUT2D eigenvalue weighted by molar-refractivity contribution is 7.09. The van der Waals surface area contributed by atoms with Crippen LogP contribution in [-0.4, -0.2) is 49.7 Å². The Hall–Kier alpha value is -3.00. The van der Waals surface area contributed by atoms with Crippen molar-refractivity contribution in [1.29, 1.82) is 0 Å². The molecule has 8 heteroatoms. The molecule has 1 atom stereocenters. The van der Waals surface area contributed by atoms with Crippen molar-refractivity contribution in [3.05, 3.63) is 64.4 Å². The normalized spacial score (nSPS) is 17.0. The van der Waals surface area contributed by atoms with Gasteiger partial charge in [-0.25, -0.2) is 14.5 Å². The summed E-state index contributed by atoms with van der Waals surface area (Å²) in [7, 11) is 0. The zero-order valence-corrected chi connectivity index (χ0v) is 15.3. The number of carbonyl (C=O) groups excluding carboxylic acids is 1. The van der Waals surface area contributed by atoms with Crippen molar-refractivity contribution >= 4 is 23.2 Å². The molecule has 1 fully saturated rings. The predicted molar refractivity (Wildman–Crippen MR) is 101 cm³/mol. The van der Waals surface area contributed by atoms with Gasteiger partial charge in [-0.15, -0.1) is 11.3 Å². The number of amides is 1. The predicted octanol–water partition coefficient (Wildman–Crippen LogP) is 3.05. The maximum absolute atomic E-state index is 13.2. The number of thiazole rings is 1. The fourth-order valence-corrected chi connectivity index (χ4v) is 4.13. The van der Waals surface area contributed by atoms with Gasteiger partial charge in [-0.1, -0.05) is 18.2 Å². The van der Waals surface area contributed by atoms with Crippen molar-refractivity contribution < 1.29 is 14.7 Å². The van der Waals surface area contributed by atoms with Crippen molar-refractivity contribution in [2.45, 2.75) is 18.8 Å². The number of carbonyl (C=O) groups is 2. The molecule has 0 radical (unpaired) electrons. The third kappa shape index (κ3) is 3.48. The molecule has 0 spiro atoms.